The fraction of sp³-hybridized carbons (Fsp3) is 0.667. The van der Waals surface area contributed by atoms with Gasteiger partial charge in [0, 0.05) is 11.1 Å². The minimum atomic E-state index is -0.407. The van der Waals surface area contributed by atoms with Crippen molar-refractivity contribution in [1.82, 2.24) is 4.90 Å². The number of halogens is 1. The van der Waals surface area contributed by atoms with E-state index < -0.39 is 6.10 Å². The van der Waals surface area contributed by atoms with Gasteiger partial charge in [-0.3, -0.25) is 4.90 Å². The standard InChI is InChI=1S/C18H26ClNO2/c19-15-7-5-13(6-8-15)18(22)14-9-11-20(12-10-14)16-3-1-2-4-17(16)21/h5-8,14,16-18,21-22H,1-4,9-12H2. The number of rotatable bonds is 3. The molecular formula is C18H26ClNO2. The Morgan fingerprint density at radius 1 is 1.00 bits per heavy atom. The summed E-state index contributed by atoms with van der Waals surface area (Å²) in [6, 6.07) is 7.86. The van der Waals surface area contributed by atoms with Crippen molar-refractivity contribution < 1.29 is 10.2 Å². The highest BCUT2D eigenvalue weighted by Gasteiger charge is 2.33. The maximum absolute atomic E-state index is 10.6. The van der Waals surface area contributed by atoms with Crippen LogP contribution in [0.1, 0.15) is 50.2 Å². The second kappa shape index (κ2) is 7.31. The van der Waals surface area contributed by atoms with Crippen molar-refractivity contribution in [3.05, 3.63) is 34.9 Å². The molecule has 1 aromatic carbocycles. The molecule has 122 valence electrons. The van der Waals surface area contributed by atoms with Crippen molar-refractivity contribution in [3.8, 4) is 0 Å². The first-order chi connectivity index (χ1) is 10.6. The topological polar surface area (TPSA) is 43.7 Å². The van der Waals surface area contributed by atoms with Crippen molar-refractivity contribution in [1.29, 1.82) is 0 Å². The van der Waals surface area contributed by atoms with Crippen LogP contribution in [0.3, 0.4) is 0 Å². The fourth-order valence-corrected chi connectivity index (χ4v) is 4.14. The van der Waals surface area contributed by atoms with Gasteiger partial charge in [0.15, 0.2) is 0 Å². The van der Waals surface area contributed by atoms with E-state index in [0.717, 1.165) is 50.8 Å². The normalized spacial score (nSPS) is 29.4. The molecule has 1 heterocycles. The molecule has 0 amide bonds. The van der Waals surface area contributed by atoms with E-state index in [2.05, 4.69) is 4.90 Å². The van der Waals surface area contributed by atoms with Crippen LogP contribution in [0.25, 0.3) is 0 Å². The Hall–Kier alpha value is -0.610. The first kappa shape index (κ1) is 16.3. The van der Waals surface area contributed by atoms with E-state index >= 15 is 0 Å². The number of nitrogens with zero attached hydrogens (tertiary/aromatic N) is 1. The molecule has 22 heavy (non-hydrogen) atoms. The van der Waals surface area contributed by atoms with Gasteiger partial charge in [0.2, 0.25) is 0 Å². The highest BCUT2D eigenvalue weighted by molar-refractivity contribution is 6.30. The predicted molar refractivity (Wildman–Crippen MR) is 89.0 cm³/mol. The zero-order chi connectivity index (χ0) is 15.5. The number of piperidine rings is 1. The van der Waals surface area contributed by atoms with E-state index in [1.807, 2.05) is 24.3 Å². The SMILES string of the molecule is OC1CCCCC1N1CCC(C(O)c2ccc(Cl)cc2)CC1. The summed E-state index contributed by atoms with van der Waals surface area (Å²) >= 11 is 5.91. The predicted octanol–water partition coefficient (Wildman–Crippen LogP) is 3.39. The van der Waals surface area contributed by atoms with E-state index in [-0.39, 0.29) is 6.10 Å². The number of aliphatic hydroxyl groups excluding tert-OH is 2. The summed E-state index contributed by atoms with van der Waals surface area (Å²) in [5.74, 6) is 0.304. The van der Waals surface area contributed by atoms with Gasteiger partial charge in [-0.25, -0.2) is 0 Å². The maximum atomic E-state index is 10.6. The van der Waals surface area contributed by atoms with Crippen LogP contribution < -0.4 is 0 Å². The molecule has 2 fully saturated rings. The average Bonchev–Trinajstić information content (AvgIpc) is 2.56. The summed E-state index contributed by atoms with van der Waals surface area (Å²) in [6.07, 6.45) is 5.87. The number of hydrogen-bond acceptors (Lipinski definition) is 3. The maximum Gasteiger partial charge on any atom is 0.0819 e. The summed E-state index contributed by atoms with van der Waals surface area (Å²) in [7, 11) is 0. The van der Waals surface area contributed by atoms with E-state index in [9.17, 15) is 10.2 Å². The summed E-state index contributed by atoms with van der Waals surface area (Å²) in [4.78, 5) is 2.44. The largest absolute Gasteiger partial charge is 0.391 e. The molecule has 0 spiro atoms. The summed E-state index contributed by atoms with van der Waals surface area (Å²) in [5.41, 5.74) is 0.959. The van der Waals surface area contributed by atoms with Crippen LogP contribution >= 0.6 is 11.6 Å². The van der Waals surface area contributed by atoms with Gasteiger partial charge >= 0.3 is 0 Å². The molecule has 1 saturated heterocycles. The minimum Gasteiger partial charge on any atom is -0.391 e. The number of aliphatic hydroxyl groups is 2. The third-order valence-electron chi connectivity index (χ3n) is 5.40. The first-order valence-electron chi connectivity index (χ1n) is 8.51. The molecule has 1 saturated carbocycles. The van der Waals surface area contributed by atoms with Gasteiger partial charge in [-0.15, -0.1) is 0 Å². The minimum absolute atomic E-state index is 0.161. The average molecular weight is 324 g/mol. The van der Waals surface area contributed by atoms with E-state index in [4.69, 9.17) is 11.6 Å². The summed E-state index contributed by atoms with van der Waals surface area (Å²) in [5, 5.41) is 21.5. The van der Waals surface area contributed by atoms with Gasteiger partial charge in [-0.2, -0.15) is 0 Å². The van der Waals surface area contributed by atoms with E-state index in [0.29, 0.717) is 17.0 Å². The van der Waals surface area contributed by atoms with E-state index in [1.165, 1.54) is 6.42 Å². The second-order valence-corrected chi connectivity index (χ2v) is 7.23. The molecule has 0 radical (unpaired) electrons. The van der Waals surface area contributed by atoms with Crippen LogP contribution in [0.4, 0.5) is 0 Å². The Kier molecular flexibility index (Phi) is 5.40. The van der Waals surface area contributed by atoms with E-state index in [1.54, 1.807) is 0 Å². The smallest absolute Gasteiger partial charge is 0.0819 e. The Balaban J connectivity index is 1.55. The number of benzene rings is 1. The van der Waals surface area contributed by atoms with Crippen LogP contribution in [0.2, 0.25) is 5.02 Å². The fourth-order valence-electron chi connectivity index (χ4n) is 4.02. The summed E-state index contributed by atoms with van der Waals surface area (Å²) < 4.78 is 0. The van der Waals surface area contributed by atoms with Crippen LogP contribution in [-0.2, 0) is 0 Å². The molecule has 3 nitrogen and oxygen atoms in total. The molecule has 3 rings (SSSR count). The molecule has 1 aliphatic heterocycles. The van der Waals surface area contributed by atoms with Crippen LogP contribution in [0.15, 0.2) is 24.3 Å². The van der Waals surface area contributed by atoms with Crippen molar-refractivity contribution in [3.63, 3.8) is 0 Å². The first-order valence-corrected chi connectivity index (χ1v) is 8.88. The monoisotopic (exact) mass is 323 g/mol. The molecule has 0 aromatic heterocycles. The number of likely N-dealkylation sites (tertiary alicyclic amines) is 1. The van der Waals surface area contributed by atoms with Crippen LogP contribution in [0, 0.1) is 5.92 Å². The lowest BCUT2D eigenvalue weighted by Gasteiger charge is -2.42. The Morgan fingerprint density at radius 3 is 2.27 bits per heavy atom. The van der Waals surface area contributed by atoms with Gasteiger partial charge in [-0.1, -0.05) is 36.6 Å². The van der Waals surface area contributed by atoms with Gasteiger partial charge in [0.1, 0.15) is 0 Å². The zero-order valence-electron chi connectivity index (χ0n) is 13.0. The molecule has 3 unspecified atom stereocenters. The molecule has 0 bridgehead atoms. The molecular weight excluding hydrogens is 298 g/mol. The second-order valence-electron chi connectivity index (χ2n) is 6.79. The highest BCUT2D eigenvalue weighted by Crippen LogP contribution is 2.33. The molecule has 2 aliphatic rings. The van der Waals surface area contributed by atoms with Gasteiger partial charge in [-0.05, 0) is 62.4 Å². The van der Waals surface area contributed by atoms with Gasteiger partial charge in [0.05, 0.1) is 12.2 Å². The third-order valence-corrected chi connectivity index (χ3v) is 5.65. The molecule has 4 heteroatoms. The lowest BCUT2D eigenvalue weighted by atomic mass is 9.84. The van der Waals surface area contributed by atoms with Crippen molar-refractivity contribution in [2.45, 2.75) is 56.8 Å². The quantitative estimate of drug-likeness (QED) is 0.896. The molecule has 1 aromatic rings. The third kappa shape index (κ3) is 3.65. The molecule has 3 atom stereocenters. The van der Waals surface area contributed by atoms with Crippen molar-refractivity contribution in [2.24, 2.45) is 5.92 Å². The van der Waals surface area contributed by atoms with Gasteiger partial charge < -0.3 is 10.2 Å². The van der Waals surface area contributed by atoms with Crippen LogP contribution in [0.5, 0.6) is 0 Å². The highest BCUT2D eigenvalue weighted by atomic mass is 35.5. The molecule has 2 N–H and O–H groups in total. The van der Waals surface area contributed by atoms with Crippen LogP contribution in [-0.4, -0.2) is 40.3 Å². The summed E-state index contributed by atoms with van der Waals surface area (Å²) in [6.45, 7) is 1.97. The van der Waals surface area contributed by atoms with Gasteiger partial charge in [0.25, 0.3) is 0 Å². The Bertz CT molecular complexity index is 470. The zero-order valence-corrected chi connectivity index (χ0v) is 13.8. The number of hydrogen-bond donors (Lipinski definition) is 2. The molecule has 1 aliphatic carbocycles. The lowest BCUT2D eigenvalue weighted by Crippen LogP contribution is -2.49. The van der Waals surface area contributed by atoms with Crippen molar-refractivity contribution in [2.75, 3.05) is 13.1 Å². The Labute approximate surface area is 137 Å². The van der Waals surface area contributed by atoms with Crippen molar-refractivity contribution >= 4 is 11.6 Å². The Morgan fingerprint density at radius 2 is 1.64 bits per heavy atom. The lowest BCUT2D eigenvalue weighted by molar-refractivity contribution is -0.0128.